The Bertz CT molecular complexity index is 736. The molecule has 1 atom stereocenters. The molecule has 26 heavy (non-hydrogen) atoms. The predicted octanol–water partition coefficient (Wildman–Crippen LogP) is 3.13. The molecule has 140 valence electrons. The smallest absolute Gasteiger partial charge is 0.243 e. The third-order valence-corrected chi connectivity index (χ3v) is 5.13. The second-order valence-electron chi connectivity index (χ2n) is 7.59. The maximum absolute atomic E-state index is 13.1. The topological polar surface area (TPSA) is 50.2 Å². The SMILES string of the molecule is CC(C)N1CCc2ncn(C(C)C)c2C1C(=O)NCCc1ccccc1. The molecular formula is C21H30N4O. The van der Waals surface area contributed by atoms with Gasteiger partial charge in [0.2, 0.25) is 5.91 Å². The molecular weight excluding hydrogens is 324 g/mol. The highest BCUT2D eigenvalue weighted by molar-refractivity contribution is 5.83. The number of nitrogens with zero attached hydrogens (tertiary/aromatic N) is 3. The molecule has 1 aromatic heterocycles. The molecule has 5 heteroatoms. The standard InChI is InChI=1S/C21H30N4O/c1-15(2)24-13-11-18-19(25(14-23-18)16(3)4)20(24)21(26)22-12-10-17-8-6-5-7-9-17/h5-9,14-16,20H,10-13H2,1-4H3,(H,22,26). The number of aromatic nitrogens is 2. The number of rotatable bonds is 6. The molecule has 0 spiro atoms. The summed E-state index contributed by atoms with van der Waals surface area (Å²) in [5.74, 6) is 0.0815. The summed E-state index contributed by atoms with van der Waals surface area (Å²) in [6.07, 6.45) is 3.64. The predicted molar refractivity (Wildman–Crippen MR) is 104 cm³/mol. The van der Waals surface area contributed by atoms with E-state index >= 15 is 0 Å². The van der Waals surface area contributed by atoms with E-state index in [1.807, 2.05) is 24.5 Å². The Morgan fingerprint density at radius 2 is 1.92 bits per heavy atom. The van der Waals surface area contributed by atoms with Crippen LogP contribution in [0.25, 0.3) is 0 Å². The minimum absolute atomic E-state index is 0.0815. The quantitative estimate of drug-likeness (QED) is 0.867. The molecule has 0 saturated heterocycles. The highest BCUT2D eigenvalue weighted by Crippen LogP contribution is 2.32. The van der Waals surface area contributed by atoms with Gasteiger partial charge in [0.05, 0.1) is 17.7 Å². The van der Waals surface area contributed by atoms with Gasteiger partial charge < -0.3 is 9.88 Å². The van der Waals surface area contributed by atoms with Gasteiger partial charge in [0.25, 0.3) is 0 Å². The number of hydrogen-bond acceptors (Lipinski definition) is 3. The molecule has 1 N–H and O–H groups in total. The number of amides is 1. The average molecular weight is 354 g/mol. The highest BCUT2D eigenvalue weighted by atomic mass is 16.2. The van der Waals surface area contributed by atoms with Crippen molar-refractivity contribution in [2.75, 3.05) is 13.1 Å². The second-order valence-corrected chi connectivity index (χ2v) is 7.59. The van der Waals surface area contributed by atoms with Gasteiger partial charge >= 0.3 is 0 Å². The number of carbonyl (C=O) groups excluding carboxylic acids is 1. The van der Waals surface area contributed by atoms with Crippen LogP contribution in [-0.4, -0.2) is 39.5 Å². The molecule has 2 aromatic rings. The van der Waals surface area contributed by atoms with Crippen molar-refractivity contribution >= 4 is 5.91 Å². The Morgan fingerprint density at radius 3 is 2.58 bits per heavy atom. The first-order valence-electron chi connectivity index (χ1n) is 9.62. The molecule has 1 aromatic carbocycles. The lowest BCUT2D eigenvalue weighted by Gasteiger charge is -2.38. The fourth-order valence-corrected chi connectivity index (χ4v) is 3.74. The first-order valence-corrected chi connectivity index (χ1v) is 9.62. The van der Waals surface area contributed by atoms with E-state index in [9.17, 15) is 4.79 Å². The lowest BCUT2D eigenvalue weighted by atomic mass is 9.99. The minimum Gasteiger partial charge on any atom is -0.354 e. The molecule has 0 saturated carbocycles. The van der Waals surface area contributed by atoms with Crippen molar-refractivity contribution in [3.8, 4) is 0 Å². The van der Waals surface area contributed by atoms with Crippen LogP contribution in [0, 0.1) is 0 Å². The summed E-state index contributed by atoms with van der Waals surface area (Å²) in [5.41, 5.74) is 3.38. The van der Waals surface area contributed by atoms with Crippen molar-refractivity contribution in [1.82, 2.24) is 19.8 Å². The summed E-state index contributed by atoms with van der Waals surface area (Å²) < 4.78 is 2.16. The summed E-state index contributed by atoms with van der Waals surface area (Å²) in [6.45, 7) is 10.1. The van der Waals surface area contributed by atoms with Gasteiger partial charge in [-0.25, -0.2) is 4.98 Å². The number of nitrogens with one attached hydrogen (secondary N) is 1. The monoisotopic (exact) mass is 354 g/mol. The zero-order valence-corrected chi connectivity index (χ0v) is 16.3. The van der Waals surface area contributed by atoms with Gasteiger partial charge in [-0.1, -0.05) is 30.3 Å². The van der Waals surface area contributed by atoms with E-state index in [-0.39, 0.29) is 18.0 Å². The van der Waals surface area contributed by atoms with Crippen molar-refractivity contribution in [2.24, 2.45) is 0 Å². The molecule has 0 bridgehead atoms. The van der Waals surface area contributed by atoms with Crippen LogP contribution >= 0.6 is 0 Å². The lowest BCUT2D eigenvalue weighted by Crippen LogP contribution is -2.48. The summed E-state index contributed by atoms with van der Waals surface area (Å²) in [7, 11) is 0. The molecule has 1 unspecified atom stereocenters. The molecule has 0 fully saturated rings. The fraction of sp³-hybridized carbons (Fsp3) is 0.524. The average Bonchev–Trinajstić information content (AvgIpc) is 3.06. The fourth-order valence-electron chi connectivity index (χ4n) is 3.74. The van der Waals surface area contributed by atoms with Crippen LogP contribution in [-0.2, 0) is 17.6 Å². The van der Waals surface area contributed by atoms with E-state index in [1.54, 1.807) is 0 Å². The molecule has 5 nitrogen and oxygen atoms in total. The molecule has 1 aliphatic rings. The van der Waals surface area contributed by atoms with Gasteiger partial charge in [-0.15, -0.1) is 0 Å². The van der Waals surface area contributed by atoms with E-state index < -0.39 is 0 Å². The summed E-state index contributed by atoms with van der Waals surface area (Å²) in [4.78, 5) is 20.0. The van der Waals surface area contributed by atoms with Crippen LogP contribution < -0.4 is 5.32 Å². The molecule has 1 amide bonds. The van der Waals surface area contributed by atoms with E-state index in [0.29, 0.717) is 12.6 Å². The Hall–Kier alpha value is -2.14. The lowest BCUT2D eigenvalue weighted by molar-refractivity contribution is -0.128. The number of carbonyl (C=O) groups is 1. The second kappa shape index (κ2) is 8.04. The van der Waals surface area contributed by atoms with Crippen molar-refractivity contribution in [3.63, 3.8) is 0 Å². The third-order valence-electron chi connectivity index (χ3n) is 5.13. The zero-order chi connectivity index (χ0) is 18.7. The number of benzene rings is 1. The molecule has 2 heterocycles. The van der Waals surface area contributed by atoms with Gasteiger partial charge in [-0.3, -0.25) is 9.69 Å². The Kier molecular flexibility index (Phi) is 5.77. The van der Waals surface area contributed by atoms with Gasteiger partial charge in [-0.05, 0) is 39.7 Å². The Morgan fingerprint density at radius 1 is 1.19 bits per heavy atom. The Balaban J connectivity index is 1.78. The van der Waals surface area contributed by atoms with Crippen molar-refractivity contribution in [2.45, 2.75) is 58.7 Å². The molecule has 3 rings (SSSR count). The van der Waals surface area contributed by atoms with Crippen LogP contribution in [0.2, 0.25) is 0 Å². The van der Waals surface area contributed by atoms with Crippen molar-refractivity contribution in [1.29, 1.82) is 0 Å². The molecule has 0 radical (unpaired) electrons. The maximum atomic E-state index is 13.1. The van der Waals surface area contributed by atoms with Crippen LogP contribution in [0.3, 0.4) is 0 Å². The van der Waals surface area contributed by atoms with E-state index in [4.69, 9.17) is 0 Å². The first kappa shape index (κ1) is 18.6. The van der Waals surface area contributed by atoms with Crippen LogP contribution in [0.1, 0.15) is 56.7 Å². The van der Waals surface area contributed by atoms with E-state index in [0.717, 1.165) is 30.8 Å². The van der Waals surface area contributed by atoms with Gasteiger partial charge in [0, 0.05) is 31.6 Å². The first-order chi connectivity index (χ1) is 12.5. The maximum Gasteiger partial charge on any atom is 0.243 e. The minimum atomic E-state index is -0.264. The largest absolute Gasteiger partial charge is 0.354 e. The van der Waals surface area contributed by atoms with E-state index in [1.165, 1.54) is 5.56 Å². The van der Waals surface area contributed by atoms with Crippen LogP contribution in [0.4, 0.5) is 0 Å². The summed E-state index contributed by atoms with van der Waals surface area (Å²) >= 11 is 0. The summed E-state index contributed by atoms with van der Waals surface area (Å²) in [6, 6.07) is 10.6. The number of fused-ring (bicyclic) bond motifs is 1. The highest BCUT2D eigenvalue weighted by Gasteiger charge is 2.37. The van der Waals surface area contributed by atoms with Gasteiger partial charge in [0.1, 0.15) is 6.04 Å². The normalized spacial score (nSPS) is 17.5. The van der Waals surface area contributed by atoms with Crippen molar-refractivity contribution in [3.05, 3.63) is 53.6 Å². The van der Waals surface area contributed by atoms with Gasteiger partial charge in [0.15, 0.2) is 0 Å². The number of hydrogen-bond donors (Lipinski definition) is 1. The number of imidazole rings is 1. The third kappa shape index (κ3) is 3.83. The summed E-state index contributed by atoms with van der Waals surface area (Å²) in [5, 5.41) is 3.16. The molecule has 0 aliphatic carbocycles. The molecule has 1 aliphatic heterocycles. The van der Waals surface area contributed by atoms with E-state index in [2.05, 4.69) is 59.6 Å². The van der Waals surface area contributed by atoms with Crippen LogP contribution in [0.15, 0.2) is 36.7 Å². The van der Waals surface area contributed by atoms with Gasteiger partial charge in [-0.2, -0.15) is 0 Å². The zero-order valence-electron chi connectivity index (χ0n) is 16.3. The Labute approximate surface area is 156 Å². The van der Waals surface area contributed by atoms with Crippen molar-refractivity contribution < 1.29 is 4.79 Å². The van der Waals surface area contributed by atoms with Crippen LogP contribution in [0.5, 0.6) is 0 Å².